The number of hydrogen-bond donors (Lipinski definition) is 2. The van der Waals surface area contributed by atoms with E-state index in [2.05, 4.69) is 10.7 Å². The second-order valence-corrected chi connectivity index (χ2v) is 8.01. The van der Waals surface area contributed by atoms with Gasteiger partial charge >= 0.3 is 5.97 Å². The zero-order valence-corrected chi connectivity index (χ0v) is 19.7. The average molecular weight is 510 g/mol. The largest absolute Gasteiger partial charge is 0.497 e. The molecule has 2 aromatic carbocycles. The van der Waals surface area contributed by atoms with Crippen LogP contribution in [0.15, 0.2) is 36.4 Å². The third-order valence-electron chi connectivity index (χ3n) is 4.90. The number of nitrogens with zero attached hydrogens (tertiary/aromatic N) is 1. The normalized spacial score (nSPS) is 15.0. The summed E-state index contributed by atoms with van der Waals surface area (Å²) in [4.78, 5) is 49.2. The Balaban J connectivity index is 1.52. The van der Waals surface area contributed by atoms with Crippen LogP contribution in [0.3, 0.4) is 0 Å². The molecule has 0 unspecified atom stereocenters. The van der Waals surface area contributed by atoms with Gasteiger partial charge in [0.05, 0.1) is 42.4 Å². The van der Waals surface area contributed by atoms with Crippen LogP contribution in [-0.2, 0) is 19.1 Å². The topological polar surface area (TPSA) is 123 Å². The molecule has 0 aromatic heterocycles. The van der Waals surface area contributed by atoms with Gasteiger partial charge in [0, 0.05) is 18.1 Å². The Morgan fingerprint density at radius 3 is 2.50 bits per heavy atom. The van der Waals surface area contributed by atoms with E-state index >= 15 is 0 Å². The van der Waals surface area contributed by atoms with Gasteiger partial charge in [-0.3, -0.25) is 29.6 Å². The summed E-state index contributed by atoms with van der Waals surface area (Å²) in [7, 11) is 2.93. The summed E-state index contributed by atoms with van der Waals surface area (Å²) in [5.74, 6) is -2.36. The lowest BCUT2D eigenvalue weighted by atomic mass is 10.1. The molecule has 1 saturated heterocycles. The van der Waals surface area contributed by atoms with Crippen LogP contribution >= 0.6 is 23.2 Å². The molecule has 2 N–H and O–H groups in total. The zero-order valence-electron chi connectivity index (χ0n) is 18.2. The summed E-state index contributed by atoms with van der Waals surface area (Å²) < 4.78 is 15.4. The molecule has 1 fully saturated rings. The van der Waals surface area contributed by atoms with E-state index < -0.39 is 36.2 Å². The number of carbonyl (C=O) groups is 4. The van der Waals surface area contributed by atoms with Gasteiger partial charge in [0.1, 0.15) is 11.5 Å². The molecule has 1 aliphatic heterocycles. The van der Waals surface area contributed by atoms with Crippen molar-refractivity contribution in [3.8, 4) is 11.5 Å². The van der Waals surface area contributed by atoms with E-state index in [9.17, 15) is 19.2 Å². The van der Waals surface area contributed by atoms with Crippen molar-refractivity contribution in [2.45, 2.75) is 6.42 Å². The van der Waals surface area contributed by atoms with Crippen molar-refractivity contribution >= 4 is 52.6 Å². The van der Waals surface area contributed by atoms with Gasteiger partial charge in [-0.15, -0.1) is 0 Å². The highest BCUT2D eigenvalue weighted by molar-refractivity contribution is 6.42. The lowest BCUT2D eigenvalue weighted by Crippen LogP contribution is -2.43. The summed E-state index contributed by atoms with van der Waals surface area (Å²) in [5, 5.41) is 4.08. The van der Waals surface area contributed by atoms with Crippen molar-refractivity contribution in [3.63, 3.8) is 0 Å². The van der Waals surface area contributed by atoms with E-state index in [4.69, 9.17) is 37.4 Å². The summed E-state index contributed by atoms with van der Waals surface area (Å²) in [6.45, 7) is -0.671. The number of benzene rings is 2. The molecule has 0 aliphatic carbocycles. The van der Waals surface area contributed by atoms with Crippen LogP contribution in [0.4, 0.5) is 5.69 Å². The van der Waals surface area contributed by atoms with Crippen molar-refractivity contribution in [2.24, 2.45) is 5.92 Å². The van der Waals surface area contributed by atoms with Crippen molar-refractivity contribution in [2.75, 3.05) is 32.7 Å². The lowest BCUT2D eigenvalue weighted by Gasteiger charge is -2.17. The standard InChI is InChI=1S/C22H21Cl2N3O7/c1-32-14-4-6-18(33-2)17(9-14)25-19(28)11-34-22(31)13-8-20(29)27(10-13)26-21(30)12-3-5-15(23)16(24)7-12/h3-7,9,13H,8,10-11H2,1-2H3,(H,25,28)(H,26,30)/t13-/m1/s1. The maximum atomic E-state index is 12.4. The molecule has 10 nitrogen and oxygen atoms in total. The number of methoxy groups -OCH3 is 2. The summed E-state index contributed by atoms with van der Waals surface area (Å²) in [6, 6.07) is 9.11. The van der Waals surface area contributed by atoms with E-state index in [-0.39, 0.29) is 28.6 Å². The average Bonchev–Trinajstić information content (AvgIpc) is 3.19. The molecule has 0 spiro atoms. The molecule has 0 saturated carbocycles. The minimum atomic E-state index is -0.847. The third kappa shape index (κ3) is 6.09. The first-order valence-corrected chi connectivity index (χ1v) is 10.7. The number of carbonyl (C=O) groups excluding carboxylic acids is 4. The van der Waals surface area contributed by atoms with Gasteiger partial charge in [-0.05, 0) is 30.3 Å². The van der Waals surface area contributed by atoms with Crippen LogP contribution in [-0.4, -0.2) is 56.1 Å². The second-order valence-electron chi connectivity index (χ2n) is 7.20. The number of rotatable bonds is 8. The molecule has 12 heteroatoms. The third-order valence-corrected chi connectivity index (χ3v) is 5.64. The minimum Gasteiger partial charge on any atom is -0.497 e. The van der Waals surface area contributed by atoms with Gasteiger partial charge in [0.15, 0.2) is 6.61 Å². The predicted molar refractivity (Wildman–Crippen MR) is 123 cm³/mol. The van der Waals surface area contributed by atoms with Gasteiger partial charge in [-0.25, -0.2) is 0 Å². The summed E-state index contributed by atoms with van der Waals surface area (Å²) >= 11 is 11.8. The van der Waals surface area contributed by atoms with Gasteiger partial charge in [-0.2, -0.15) is 0 Å². The lowest BCUT2D eigenvalue weighted by molar-refractivity contribution is -0.151. The van der Waals surface area contributed by atoms with Crippen LogP contribution in [0, 0.1) is 5.92 Å². The zero-order chi connectivity index (χ0) is 24.8. The highest BCUT2D eigenvalue weighted by Gasteiger charge is 2.36. The molecule has 180 valence electrons. The van der Waals surface area contributed by atoms with E-state index in [0.717, 1.165) is 5.01 Å². The summed E-state index contributed by atoms with van der Waals surface area (Å²) in [5.41, 5.74) is 2.96. The molecule has 0 radical (unpaired) electrons. The Kier molecular flexibility index (Phi) is 8.19. The van der Waals surface area contributed by atoms with E-state index in [0.29, 0.717) is 17.2 Å². The molecule has 0 bridgehead atoms. The Bertz CT molecular complexity index is 1130. The molecular weight excluding hydrogens is 489 g/mol. The van der Waals surface area contributed by atoms with E-state index in [1.165, 1.54) is 32.4 Å². The van der Waals surface area contributed by atoms with Crippen LogP contribution in [0.25, 0.3) is 0 Å². The van der Waals surface area contributed by atoms with Crippen molar-refractivity contribution < 1.29 is 33.4 Å². The maximum Gasteiger partial charge on any atom is 0.311 e. The van der Waals surface area contributed by atoms with Gasteiger partial charge in [0.25, 0.3) is 11.8 Å². The van der Waals surface area contributed by atoms with Crippen LogP contribution in [0.1, 0.15) is 16.8 Å². The first-order valence-electron chi connectivity index (χ1n) is 9.96. The molecule has 3 rings (SSSR count). The van der Waals surface area contributed by atoms with Crippen LogP contribution in [0.5, 0.6) is 11.5 Å². The predicted octanol–water partition coefficient (Wildman–Crippen LogP) is 2.69. The molecule has 3 amide bonds. The Morgan fingerprint density at radius 1 is 1.06 bits per heavy atom. The Hall–Kier alpha value is -3.50. The number of ether oxygens (including phenoxy) is 3. The number of hydrogen-bond acceptors (Lipinski definition) is 7. The smallest absolute Gasteiger partial charge is 0.311 e. The van der Waals surface area contributed by atoms with Crippen molar-refractivity contribution in [1.29, 1.82) is 0 Å². The monoisotopic (exact) mass is 509 g/mol. The second kappa shape index (κ2) is 11.1. The molecule has 2 aromatic rings. The number of halogens is 2. The molecule has 1 aliphatic rings. The van der Waals surface area contributed by atoms with Gasteiger partial charge in [-0.1, -0.05) is 23.2 Å². The van der Waals surface area contributed by atoms with Gasteiger partial charge in [0.2, 0.25) is 5.91 Å². The Morgan fingerprint density at radius 2 is 1.82 bits per heavy atom. The molecular formula is C22H21Cl2N3O7. The fourth-order valence-corrected chi connectivity index (χ4v) is 3.45. The van der Waals surface area contributed by atoms with Crippen molar-refractivity contribution in [1.82, 2.24) is 10.4 Å². The van der Waals surface area contributed by atoms with Crippen LogP contribution in [0.2, 0.25) is 10.0 Å². The van der Waals surface area contributed by atoms with E-state index in [1.54, 1.807) is 18.2 Å². The van der Waals surface area contributed by atoms with E-state index in [1.807, 2.05) is 0 Å². The molecule has 34 heavy (non-hydrogen) atoms. The molecule has 1 heterocycles. The number of hydrazine groups is 1. The first-order chi connectivity index (χ1) is 16.2. The number of amides is 3. The van der Waals surface area contributed by atoms with Crippen LogP contribution < -0.4 is 20.2 Å². The quantitative estimate of drug-likeness (QED) is 0.524. The van der Waals surface area contributed by atoms with Crippen molar-refractivity contribution in [3.05, 3.63) is 52.0 Å². The van der Waals surface area contributed by atoms with Gasteiger partial charge < -0.3 is 19.5 Å². The fourth-order valence-electron chi connectivity index (χ4n) is 3.15. The summed E-state index contributed by atoms with van der Waals surface area (Å²) in [6.07, 6.45) is -0.175. The highest BCUT2D eigenvalue weighted by Crippen LogP contribution is 2.29. The molecule has 1 atom stereocenters. The number of nitrogens with one attached hydrogen (secondary N) is 2. The Labute approximate surface area is 205 Å². The maximum absolute atomic E-state index is 12.4. The fraction of sp³-hybridized carbons (Fsp3) is 0.273. The first kappa shape index (κ1) is 25.1. The number of esters is 1. The number of anilines is 1. The highest BCUT2D eigenvalue weighted by atomic mass is 35.5. The minimum absolute atomic E-state index is 0.101. The SMILES string of the molecule is COc1ccc(OC)c(NC(=O)COC(=O)[C@@H]2CC(=O)N(NC(=O)c3ccc(Cl)c(Cl)c3)C2)c1.